The number of hydrazine groups is 1. The van der Waals surface area contributed by atoms with Crippen molar-refractivity contribution in [1.82, 2.24) is 9.84 Å². The molecule has 0 amide bonds. The molecule has 1 aliphatic rings. The number of nitrogens with two attached hydrogens (primary N) is 1. The third-order valence-corrected chi connectivity index (χ3v) is 3.90. The van der Waals surface area contributed by atoms with Crippen LogP contribution in [0.15, 0.2) is 23.1 Å². The largest absolute Gasteiger partial charge is 0.399 e. The molecule has 0 bridgehead atoms. The molecule has 0 aromatic heterocycles. The van der Waals surface area contributed by atoms with Gasteiger partial charge in [-0.25, -0.2) is 17.8 Å². The van der Waals surface area contributed by atoms with Gasteiger partial charge in [-0.3, -0.25) is 0 Å². The van der Waals surface area contributed by atoms with Crippen molar-refractivity contribution < 1.29 is 17.5 Å². The lowest BCUT2D eigenvalue weighted by atomic mass is 10.3. The minimum atomic E-state index is -3.95. The quantitative estimate of drug-likeness (QED) is 0.755. The van der Waals surface area contributed by atoms with E-state index >= 15 is 0 Å². The molecule has 100 valence electrons. The van der Waals surface area contributed by atoms with Crippen LogP contribution in [-0.4, -0.2) is 39.7 Å². The molecule has 1 saturated heterocycles. The summed E-state index contributed by atoms with van der Waals surface area (Å²) in [7, 11) is -3.95. The SMILES string of the molecule is Nc1ccc(F)c(S(=O)(=O)NN2CCOCC2)c1. The Morgan fingerprint density at radius 2 is 2.00 bits per heavy atom. The van der Waals surface area contributed by atoms with Crippen LogP contribution >= 0.6 is 0 Å². The van der Waals surface area contributed by atoms with E-state index in [0.717, 1.165) is 12.1 Å². The molecule has 0 saturated carbocycles. The zero-order chi connectivity index (χ0) is 13.2. The highest BCUT2D eigenvalue weighted by Crippen LogP contribution is 2.17. The van der Waals surface area contributed by atoms with Crippen LogP contribution in [0.4, 0.5) is 10.1 Å². The average molecular weight is 275 g/mol. The van der Waals surface area contributed by atoms with Crippen LogP contribution in [0, 0.1) is 5.82 Å². The van der Waals surface area contributed by atoms with Crippen molar-refractivity contribution in [2.24, 2.45) is 0 Å². The molecule has 3 N–H and O–H groups in total. The van der Waals surface area contributed by atoms with Crippen molar-refractivity contribution in [2.45, 2.75) is 4.90 Å². The number of hydrogen-bond donors (Lipinski definition) is 2. The summed E-state index contributed by atoms with van der Waals surface area (Å²) < 4.78 is 42.6. The van der Waals surface area contributed by atoms with E-state index < -0.39 is 20.7 Å². The van der Waals surface area contributed by atoms with Gasteiger partial charge in [0.2, 0.25) is 0 Å². The van der Waals surface area contributed by atoms with Crippen molar-refractivity contribution in [2.75, 3.05) is 32.0 Å². The molecule has 0 spiro atoms. The topological polar surface area (TPSA) is 84.7 Å². The Labute approximate surface area is 105 Å². The van der Waals surface area contributed by atoms with Crippen LogP contribution in [0.5, 0.6) is 0 Å². The lowest BCUT2D eigenvalue weighted by Gasteiger charge is -2.26. The van der Waals surface area contributed by atoms with E-state index in [1.54, 1.807) is 0 Å². The second-order valence-electron chi connectivity index (χ2n) is 3.88. The first-order chi connectivity index (χ1) is 8.49. The van der Waals surface area contributed by atoms with Gasteiger partial charge in [0.05, 0.1) is 13.2 Å². The number of sulfonamides is 1. The number of nitrogens with one attached hydrogen (secondary N) is 1. The summed E-state index contributed by atoms with van der Waals surface area (Å²) >= 11 is 0. The number of halogens is 1. The first kappa shape index (κ1) is 13.2. The molecule has 6 nitrogen and oxygen atoms in total. The van der Waals surface area contributed by atoms with Crippen molar-refractivity contribution in [3.63, 3.8) is 0 Å². The summed E-state index contributed by atoms with van der Waals surface area (Å²) in [6.07, 6.45) is 0. The third kappa shape index (κ3) is 2.96. The molecular formula is C10H14FN3O3S. The van der Waals surface area contributed by atoms with Crippen LogP contribution in [0.2, 0.25) is 0 Å². The van der Waals surface area contributed by atoms with Gasteiger partial charge in [0.1, 0.15) is 10.7 Å². The highest BCUT2D eigenvalue weighted by Gasteiger charge is 2.23. The minimum absolute atomic E-state index is 0.193. The predicted octanol–water partition coefficient (Wildman–Crippen LogP) is -0.0666. The summed E-state index contributed by atoms with van der Waals surface area (Å²) in [5.74, 6) is -0.829. The molecule has 1 aromatic carbocycles. The van der Waals surface area contributed by atoms with Crippen LogP contribution < -0.4 is 10.6 Å². The van der Waals surface area contributed by atoms with Gasteiger partial charge in [-0.1, -0.05) is 0 Å². The molecular weight excluding hydrogens is 261 g/mol. The molecule has 0 aliphatic carbocycles. The fraction of sp³-hybridized carbons (Fsp3) is 0.400. The van der Waals surface area contributed by atoms with Crippen LogP contribution in [0.1, 0.15) is 0 Å². The molecule has 0 radical (unpaired) electrons. The van der Waals surface area contributed by atoms with E-state index in [1.807, 2.05) is 0 Å². The normalized spacial score (nSPS) is 17.8. The minimum Gasteiger partial charge on any atom is -0.399 e. The van der Waals surface area contributed by atoms with E-state index in [1.165, 1.54) is 11.1 Å². The number of morpholine rings is 1. The van der Waals surface area contributed by atoms with E-state index in [9.17, 15) is 12.8 Å². The molecule has 1 aliphatic heterocycles. The fourth-order valence-corrected chi connectivity index (χ4v) is 2.84. The highest BCUT2D eigenvalue weighted by atomic mass is 32.2. The maximum Gasteiger partial charge on any atom is 0.256 e. The number of ether oxygens (including phenoxy) is 1. The van der Waals surface area contributed by atoms with Crippen molar-refractivity contribution in [3.05, 3.63) is 24.0 Å². The standard InChI is InChI=1S/C10H14FN3O3S/c11-9-2-1-8(12)7-10(9)18(15,16)13-14-3-5-17-6-4-14/h1-2,7,13H,3-6,12H2. The van der Waals surface area contributed by atoms with Gasteiger partial charge in [0.25, 0.3) is 10.0 Å². The number of nitrogens with zero attached hydrogens (tertiary/aromatic N) is 1. The summed E-state index contributed by atoms with van der Waals surface area (Å²) in [6, 6.07) is 3.43. The molecule has 0 atom stereocenters. The molecule has 0 unspecified atom stereocenters. The Morgan fingerprint density at radius 3 is 2.67 bits per heavy atom. The number of nitrogen functional groups attached to an aromatic ring is 1. The Balaban J connectivity index is 2.21. The van der Waals surface area contributed by atoms with Gasteiger partial charge in [-0.2, -0.15) is 0 Å². The summed E-state index contributed by atoms with van der Waals surface area (Å²) in [4.78, 5) is 1.86. The zero-order valence-electron chi connectivity index (χ0n) is 9.60. The molecule has 2 rings (SSSR count). The monoisotopic (exact) mass is 275 g/mol. The van der Waals surface area contributed by atoms with Gasteiger partial charge in [0.15, 0.2) is 0 Å². The van der Waals surface area contributed by atoms with Crippen LogP contribution in [0.25, 0.3) is 0 Å². The fourth-order valence-electron chi connectivity index (χ4n) is 1.60. The average Bonchev–Trinajstić information content (AvgIpc) is 2.33. The first-order valence-electron chi connectivity index (χ1n) is 5.39. The van der Waals surface area contributed by atoms with Crippen LogP contribution in [0.3, 0.4) is 0 Å². The lowest BCUT2D eigenvalue weighted by molar-refractivity contribution is 0.0272. The zero-order valence-corrected chi connectivity index (χ0v) is 10.4. The lowest BCUT2D eigenvalue weighted by Crippen LogP contribution is -2.48. The van der Waals surface area contributed by atoms with Crippen LogP contribution in [-0.2, 0) is 14.8 Å². The van der Waals surface area contributed by atoms with E-state index in [0.29, 0.717) is 26.3 Å². The van der Waals surface area contributed by atoms with Gasteiger partial charge >= 0.3 is 0 Å². The maximum atomic E-state index is 13.5. The van der Waals surface area contributed by atoms with Gasteiger partial charge in [-0.05, 0) is 18.2 Å². The first-order valence-corrected chi connectivity index (χ1v) is 6.87. The Bertz CT molecular complexity index is 529. The second kappa shape index (κ2) is 5.19. The van der Waals surface area contributed by atoms with Crippen molar-refractivity contribution in [1.29, 1.82) is 0 Å². The Hall–Kier alpha value is -1.22. The molecule has 18 heavy (non-hydrogen) atoms. The van der Waals surface area contributed by atoms with Crippen molar-refractivity contribution in [3.8, 4) is 0 Å². The van der Waals surface area contributed by atoms with Gasteiger partial charge < -0.3 is 10.5 Å². The van der Waals surface area contributed by atoms with Gasteiger partial charge in [-0.15, -0.1) is 4.83 Å². The molecule has 1 fully saturated rings. The number of benzene rings is 1. The smallest absolute Gasteiger partial charge is 0.256 e. The summed E-state index contributed by atoms with van der Waals surface area (Å²) in [5, 5.41) is 1.47. The third-order valence-electron chi connectivity index (χ3n) is 2.51. The molecule has 1 aromatic rings. The number of rotatable bonds is 3. The summed E-state index contributed by atoms with van der Waals surface area (Å²) in [5.41, 5.74) is 5.66. The summed E-state index contributed by atoms with van der Waals surface area (Å²) in [6.45, 7) is 1.70. The molecule has 1 heterocycles. The maximum absolute atomic E-state index is 13.5. The van der Waals surface area contributed by atoms with Crippen molar-refractivity contribution >= 4 is 15.7 Å². The second-order valence-corrected chi connectivity index (χ2v) is 5.51. The van der Waals surface area contributed by atoms with E-state index in [2.05, 4.69) is 4.83 Å². The number of anilines is 1. The van der Waals surface area contributed by atoms with E-state index in [-0.39, 0.29) is 5.69 Å². The Kier molecular flexibility index (Phi) is 3.81. The van der Waals surface area contributed by atoms with E-state index in [4.69, 9.17) is 10.5 Å². The molecule has 8 heteroatoms. The predicted molar refractivity (Wildman–Crippen MR) is 63.5 cm³/mol. The number of hydrogen-bond acceptors (Lipinski definition) is 5. The highest BCUT2D eigenvalue weighted by molar-refractivity contribution is 7.89. The van der Waals surface area contributed by atoms with Gasteiger partial charge in [0, 0.05) is 18.8 Å². The Morgan fingerprint density at radius 1 is 1.33 bits per heavy atom.